The van der Waals surface area contributed by atoms with Gasteiger partial charge in [-0.05, 0) is 24.3 Å². The molecule has 94 valence electrons. The van der Waals surface area contributed by atoms with Crippen LogP contribution in [0.4, 0.5) is 0 Å². The van der Waals surface area contributed by atoms with Crippen LogP contribution in [0.1, 0.15) is 15.2 Å². The van der Waals surface area contributed by atoms with Gasteiger partial charge in [0.1, 0.15) is 10.6 Å². The molecule has 3 rings (SSSR count). The molecule has 1 heterocycles. The van der Waals surface area contributed by atoms with Crippen molar-refractivity contribution in [3.05, 3.63) is 64.0 Å². The Morgan fingerprint density at radius 2 is 1.74 bits per heavy atom. The second-order valence-corrected chi connectivity index (χ2v) is 5.54. The van der Waals surface area contributed by atoms with E-state index in [0.717, 1.165) is 4.70 Å². The highest BCUT2D eigenvalue weighted by Gasteiger charge is 2.20. The fraction of sp³-hybridized carbons (Fsp3) is 0. The summed E-state index contributed by atoms with van der Waals surface area (Å²) in [7, 11) is 0. The second-order valence-electron chi connectivity index (χ2n) is 4.08. The van der Waals surface area contributed by atoms with E-state index in [9.17, 15) is 9.90 Å². The highest BCUT2D eigenvalue weighted by atomic mass is 35.5. The topological polar surface area (TPSA) is 37.3 Å². The maximum atomic E-state index is 12.4. The molecule has 0 radical (unpaired) electrons. The van der Waals surface area contributed by atoms with Crippen LogP contribution in [0.2, 0.25) is 5.02 Å². The van der Waals surface area contributed by atoms with Gasteiger partial charge in [0.05, 0.1) is 5.02 Å². The highest BCUT2D eigenvalue weighted by molar-refractivity contribution is 7.21. The summed E-state index contributed by atoms with van der Waals surface area (Å²) in [5, 5.41) is 11.2. The predicted molar refractivity (Wildman–Crippen MR) is 78.4 cm³/mol. The average molecular weight is 289 g/mol. The van der Waals surface area contributed by atoms with E-state index in [1.807, 2.05) is 18.2 Å². The van der Waals surface area contributed by atoms with Gasteiger partial charge in [0, 0.05) is 15.6 Å². The van der Waals surface area contributed by atoms with E-state index in [1.165, 1.54) is 11.3 Å². The summed E-state index contributed by atoms with van der Waals surface area (Å²) in [5.74, 6) is -0.213. The molecule has 0 unspecified atom stereocenters. The lowest BCUT2D eigenvalue weighted by Crippen LogP contribution is -1.99. The molecule has 2 aromatic carbocycles. The van der Waals surface area contributed by atoms with Crippen molar-refractivity contribution in [2.75, 3.05) is 0 Å². The Kier molecular flexibility index (Phi) is 3.01. The van der Waals surface area contributed by atoms with Gasteiger partial charge in [-0.2, -0.15) is 0 Å². The minimum Gasteiger partial charge on any atom is -0.506 e. The molecule has 0 aliphatic heterocycles. The lowest BCUT2D eigenvalue weighted by Gasteiger charge is -2.01. The van der Waals surface area contributed by atoms with E-state index in [-0.39, 0.29) is 11.5 Å². The summed E-state index contributed by atoms with van der Waals surface area (Å²) in [6.45, 7) is 0. The van der Waals surface area contributed by atoms with Crippen molar-refractivity contribution < 1.29 is 9.90 Å². The number of hydrogen-bond donors (Lipinski definition) is 1. The van der Waals surface area contributed by atoms with Gasteiger partial charge in [0.25, 0.3) is 0 Å². The van der Waals surface area contributed by atoms with Gasteiger partial charge in [-0.1, -0.05) is 35.9 Å². The second kappa shape index (κ2) is 4.68. The summed E-state index contributed by atoms with van der Waals surface area (Å²) in [5.41, 5.74) is 0.408. The van der Waals surface area contributed by atoms with Gasteiger partial charge in [-0.25, -0.2) is 0 Å². The first kappa shape index (κ1) is 12.2. The van der Waals surface area contributed by atoms with E-state index in [2.05, 4.69) is 0 Å². The molecule has 1 aromatic heterocycles. The zero-order valence-corrected chi connectivity index (χ0v) is 11.3. The van der Waals surface area contributed by atoms with Crippen LogP contribution in [0.3, 0.4) is 0 Å². The van der Waals surface area contributed by atoms with Crippen LogP contribution in [0.25, 0.3) is 10.1 Å². The van der Waals surface area contributed by atoms with Crippen LogP contribution >= 0.6 is 22.9 Å². The number of fused-ring (bicyclic) bond motifs is 1. The van der Waals surface area contributed by atoms with Crippen molar-refractivity contribution in [3.63, 3.8) is 0 Å². The van der Waals surface area contributed by atoms with E-state index in [0.29, 0.717) is 20.8 Å². The number of ketones is 1. The molecule has 0 aliphatic rings. The van der Waals surface area contributed by atoms with Crippen molar-refractivity contribution in [1.82, 2.24) is 0 Å². The van der Waals surface area contributed by atoms with E-state index in [1.54, 1.807) is 30.3 Å². The number of halogens is 1. The monoisotopic (exact) mass is 288 g/mol. The van der Waals surface area contributed by atoms with Crippen molar-refractivity contribution in [3.8, 4) is 5.75 Å². The number of thiophene rings is 1. The van der Waals surface area contributed by atoms with Crippen molar-refractivity contribution in [1.29, 1.82) is 0 Å². The summed E-state index contributed by atoms with van der Waals surface area (Å²) in [6, 6.07) is 14.2. The molecular formula is C15H9ClO2S. The zero-order chi connectivity index (χ0) is 13.4. The van der Waals surface area contributed by atoms with E-state index < -0.39 is 0 Å². The maximum absolute atomic E-state index is 12.4. The first-order valence-corrected chi connectivity index (χ1v) is 6.87. The highest BCUT2D eigenvalue weighted by Crippen LogP contribution is 2.38. The molecule has 0 spiro atoms. The molecule has 4 heteroatoms. The Bertz CT molecular complexity index is 777. The fourth-order valence-electron chi connectivity index (χ4n) is 1.95. The van der Waals surface area contributed by atoms with Crippen LogP contribution in [0.5, 0.6) is 5.75 Å². The first-order valence-electron chi connectivity index (χ1n) is 5.68. The molecule has 0 amide bonds. The Labute approximate surface area is 118 Å². The molecule has 0 atom stereocenters. The SMILES string of the molecule is O=C(c1ccccc1Cl)c1sc2ccccc2c1O. The smallest absolute Gasteiger partial charge is 0.208 e. The van der Waals surface area contributed by atoms with Gasteiger partial charge >= 0.3 is 0 Å². The molecule has 0 bridgehead atoms. The first-order chi connectivity index (χ1) is 9.18. The number of carbonyl (C=O) groups is 1. The van der Waals surface area contributed by atoms with E-state index >= 15 is 0 Å². The quantitative estimate of drug-likeness (QED) is 0.705. The largest absolute Gasteiger partial charge is 0.506 e. The third kappa shape index (κ3) is 2.01. The lowest BCUT2D eigenvalue weighted by atomic mass is 10.1. The summed E-state index contributed by atoms with van der Waals surface area (Å²) >= 11 is 7.30. The fourth-order valence-corrected chi connectivity index (χ4v) is 3.23. The van der Waals surface area contributed by atoms with Gasteiger partial charge in [-0.15, -0.1) is 11.3 Å². The normalized spacial score (nSPS) is 10.8. The van der Waals surface area contributed by atoms with Crippen LogP contribution in [-0.4, -0.2) is 10.9 Å². The predicted octanol–water partition coefficient (Wildman–Crippen LogP) is 4.49. The Balaban J connectivity index is 2.17. The Morgan fingerprint density at radius 1 is 1.05 bits per heavy atom. The van der Waals surface area contributed by atoms with Gasteiger partial charge in [-0.3, -0.25) is 4.79 Å². The Morgan fingerprint density at radius 3 is 2.47 bits per heavy atom. The van der Waals surface area contributed by atoms with Crippen molar-refractivity contribution in [2.24, 2.45) is 0 Å². The molecule has 2 nitrogen and oxygen atoms in total. The van der Waals surface area contributed by atoms with Gasteiger partial charge < -0.3 is 5.11 Å². The summed E-state index contributed by atoms with van der Waals surface area (Å²) in [6.07, 6.45) is 0. The number of hydrogen-bond acceptors (Lipinski definition) is 3. The van der Waals surface area contributed by atoms with Gasteiger partial charge in [0.15, 0.2) is 0 Å². The molecule has 1 N–H and O–H groups in total. The number of rotatable bonds is 2. The standard InChI is InChI=1S/C15H9ClO2S/c16-11-7-3-1-5-9(11)13(17)15-14(18)10-6-2-4-8-12(10)19-15/h1-8,18H. The molecule has 0 aliphatic carbocycles. The average Bonchev–Trinajstić information content (AvgIpc) is 2.77. The number of aromatic hydroxyl groups is 1. The van der Waals surface area contributed by atoms with Crippen LogP contribution < -0.4 is 0 Å². The third-order valence-corrected chi connectivity index (χ3v) is 4.38. The molecule has 0 saturated carbocycles. The van der Waals surface area contributed by atoms with Crippen molar-refractivity contribution >= 4 is 38.8 Å². The molecular weight excluding hydrogens is 280 g/mol. The molecule has 19 heavy (non-hydrogen) atoms. The molecule has 3 aromatic rings. The van der Waals surface area contributed by atoms with Gasteiger partial charge in [0.2, 0.25) is 5.78 Å². The van der Waals surface area contributed by atoms with E-state index in [4.69, 9.17) is 11.6 Å². The third-order valence-electron chi connectivity index (χ3n) is 2.89. The minimum atomic E-state index is -0.246. The van der Waals surface area contributed by atoms with Crippen LogP contribution in [-0.2, 0) is 0 Å². The number of carbonyl (C=O) groups excluding carboxylic acids is 1. The van der Waals surface area contributed by atoms with Crippen LogP contribution in [0.15, 0.2) is 48.5 Å². The summed E-state index contributed by atoms with van der Waals surface area (Å²) < 4.78 is 0.885. The molecule has 0 fully saturated rings. The summed E-state index contributed by atoms with van der Waals surface area (Å²) in [4.78, 5) is 12.8. The molecule has 0 saturated heterocycles. The minimum absolute atomic E-state index is 0.0329. The maximum Gasteiger partial charge on any atom is 0.208 e. The van der Waals surface area contributed by atoms with Crippen molar-refractivity contribution in [2.45, 2.75) is 0 Å². The zero-order valence-electron chi connectivity index (χ0n) is 9.76. The Hall–Kier alpha value is -1.84. The number of benzene rings is 2. The lowest BCUT2D eigenvalue weighted by molar-refractivity contribution is 0.104. The van der Waals surface area contributed by atoms with Crippen LogP contribution in [0, 0.1) is 0 Å².